The molecule has 0 bridgehead atoms. The highest BCUT2D eigenvalue weighted by atomic mass is 32.2. The van der Waals surface area contributed by atoms with E-state index in [4.69, 9.17) is 5.73 Å². The maximum Gasteiger partial charge on any atom is 0.245 e. The summed E-state index contributed by atoms with van der Waals surface area (Å²) in [6.07, 6.45) is 1.57. The van der Waals surface area contributed by atoms with E-state index in [1.165, 1.54) is 0 Å². The molecule has 6 nitrogen and oxygen atoms in total. The van der Waals surface area contributed by atoms with Crippen LogP contribution in [0, 0.1) is 5.92 Å². The Morgan fingerprint density at radius 3 is 2.52 bits per heavy atom. The van der Waals surface area contributed by atoms with E-state index in [1.54, 1.807) is 22.6 Å². The predicted octanol–water partition coefficient (Wildman–Crippen LogP) is 0.503. The molecule has 2 rings (SSSR count). The van der Waals surface area contributed by atoms with Gasteiger partial charge in [-0.3, -0.25) is 4.98 Å². The Hall–Kier alpha value is -1.02. The summed E-state index contributed by atoms with van der Waals surface area (Å²) in [6.45, 7) is 8.07. The third kappa shape index (κ3) is 3.79. The molecule has 1 aliphatic heterocycles. The second kappa shape index (κ2) is 6.83. The fourth-order valence-corrected chi connectivity index (χ4v) is 4.23. The van der Waals surface area contributed by atoms with Crippen LogP contribution in [0.3, 0.4) is 0 Å². The molecule has 0 saturated carbocycles. The van der Waals surface area contributed by atoms with Crippen molar-refractivity contribution in [2.45, 2.75) is 25.3 Å². The molecule has 0 aromatic carbocycles. The molecule has 118 valence electrons. The summed E-state index contributed by atoms with van der Waals surface area (Å²) in [6, 6.07) is 3.23. The zero-order valence-electron chi connectivity index (χ0n) is 12.7. The third-order valence-electron chi connectivity index (χ3n) is 3.61. The molecular weight excluding hydrogens is 288 g/mol. The number of sulfonamides is 1. The molecule has 1 aromatic rings. The maximum atomic E-state index is 12.7. The maximum absolute atomic E-state index is 12.7. The molecular formula is C14H24N4O2S. The first-order valence-corrected chi connectivity index (χ1v) is 8.75. The van der Waals surface area contributed by atoms with Crippen molar-refractivity contribution in [2.24, 2.45) is 11.7 Å². The molecule has 1 saturated heterocycles. The van der Waals surface area contributed by atoms with Crippen LogP contribution >= 0.6 is 0 Å². The van der Waals surface area contributed by atoms with E-state index in [1.807, 2.05) is 0 Å². The number of nitrogens with two attached hydrogens (primary N) is 1. The molecule has 1 fully saturated rings. The Bertz CT molecular complexity index is 566. The zero-order chi connectivity index (χ0) is 15.5. The Morgan fingerprint density at radius 2 is 1.95 bits per heavy atom. The van der Waals surface area contributed by atoms with Gasteiger partial charge in [-0.25, -0.2) is 8.42 Å². The zero-order valence-corrected chi connectivity index (χ0v) is 13.5. The molecule has 0 atom stereocenters. The number of hydrogen-bond donors (Lipinski definition) is 1. The van der Waals surface area contributed by atoms with E-state index in [0.717, 1.165) is 19.6 Å². The van der Waals surface area contributed by atoms with E-state index in [2.05, 4.69) is 23.7 Å². The second-order valence-corrected chi connectivity index (χ2v) is 7.66. The van der Waals surface area contributed by atoms with Crippen LogP contribution in [0.25, 0.3) is 0 Å². The highest BCUT2D eigenvalue weighted by Gasteiger charge is 2.30. The summed E-state index contributed by atoms with van der Waals surface area (Å²) in [5, 5.41) is 0. The van der Waals surface area contributed by atoms with Crippen LogP contribution < -0.4 is 5.73 Å². The van der Waals surface area contributed by atoms with Gasteiger partial charge in [0.1, 0.15) is 4.90 Å². The molecule has 1 aliphatic rings. The minimum absolute atomic E-state index is 0.128. The SMILES string of the molecule is CC(C)CN1CCN(S(=O)(=O)c2cccnc2CN)CC1. The van der Waals surface area contributed by atoms with Crippen LogP contribution in [0.5, 0.6) is 0 Å². The van der Waals surface area contributed by atoms with Gasteiger partial charge in [0.05, 0.1) is 5.69 Å². The predicted molar refractivity (Wildman–Crippen MR) is 82.2 cm³/mol. The topological polar surface area (TPSA) is 79.5 Å². The van der Waals surface area contributed by atoms with Crippen molar-refractivity contribution >= 4 is 10.0 Å². The van der Waals surface area contributed by atoms with Crippen molar-refractivity contribution in [3.8, 4) is 0 Å². The average Bonchev–Trinajstić information content (AvgIpc) is 2.47. The summed E-state index contributed by atoms with van der Waals surface area (Å²) < 4.78 is 27.0. The van der Waals surface area contributed by atoms with Gasteiger partial charge in [-0.15, -0.1) is 0 Å². The molecule has 0 unspecified atom stereocenters. The smallest absolute Gasteiger partial charge is 0.245 e. The van der Waals surface area contributed by atoms with Crippen molar-refractivity contribution in [1.82, 2.24) is 14.2 Å². The molecule has 7 heteroatoms. The lowest BCUT2D eigenvalue weighted by Crippen LogP contribution is -2.49. The van der Waals surface area contributed by atoms with Crippen molar-refractivity contribution in [3.05, 3.63) is 24.0 Å². The largest absolute Gasteiger partial charge is 0.325 e. The monoisotopic (exact) mass is 312 g/mol. The van der Waals surface area contributed by atoms with E-state index in [9.17, 15) is 8.42 Å². The van der Waals surface area contributed by atoms with Gasteiger partial charge >= 0.3 is 0 Å². The average molecular weight is 312 g/mol. The Morgan fingerprint density at radius 1 is 1.29 bits per heavy atom. The van der Waals surface area contributed by atoms with Crippen molar-refractivity contribution in [1.29, 1.82) is 0 Å². The highest BCUT2D eigenvalue weighted by Crippen LogP contribution is 2.20. The van der Waals surface area contributed by atoms with Crippen molar-refractivity contribution in [3.63, 3.8) is 0 Å². The first-order valence-electron chi connectivity index (χ1n) is 7.31. The molecule has 21 heavy (non-hydrogen) atoms. The van der Waals surface area contributed by atoms with Gasteiger partial charge in [0.25, 0.3) is 0 Å². The minimum atomic E-state index is -3.49. The lowest BCUT2D eigenvalue weighted by Gasteiger charge is -2.34. The molecule has 2 heterocycles. The van der Waals surface area contributed by atoms with Crippen LogP contribution in [0.2, 0.25) is 0 Å². The number of rotatable bonds is 5. The quantitative estimate of drug-likeness (QED) is 0.856. The fourth-order valence-electron chi connectivity index (χ4n) is 2.62. The summed E-state index contributed by atoms with van der Waals surface area (Å²) in [5.74, 6) is 0.593. The van der Waals surface area contributed by atoms with Crippen molar-refractivity contribution < 1.29 is 8.42 Å². The fraction of sp³-hybridized carbons (Fsp3) is 0.643. The highest BCUT2D eigenvalue weighted by molar-refractivity contribution is 7.89. The van der Waals surface area contributed by atoms with Crippen LogP contribution in [0.1, 0.15) is 19.5 Å². The summed E-state index contributed by atoms with van der Waals surface area (Å²) >= 11 is 0. The minimum Gasteiger partial charge on any atom is -0.325 e. The molecule has 0 spiro atoms. The number of hydrogen-bond acceptors (Lipinski definition) is 5. The van der Waals surface area contributed by atoms with E-state index in [-0.39, 0.29) is 11.4 Å². The lowest BCUT2D eigenvalue weighted by atomic mass is 10.2. The second-order valence-electron chi connectivity index (χ2n) is 5.75. The summed E-state index contributed by atoms with van der Waals surface area (Å²) in [4.78, 5) is 6.62. The van der Waals surface area contributed by atoms with Crippen LogP contribution in [-0.4, -0.2) is 55.3 Å². The van der Waals surface area contributed by atoms with E-state index in [0.29, 0.717) is 24.7 Å². The van der Waals surface area contributed by atoms with E-state index >= 15 is 0 Å². The molecule has 0 radical (unpaired) electrons. The standard InChI is InChI=1S/C14H24N4O2S/c1-12(2)11-17-6-8-18(9-7-17)21(19,20)14-4-3-5-16-13(14)10-15/h3-5,12H,6-11,15H2,1-2H3. The molecule has 0 aliphatic carbocycles. The number of aromatic nitrogens is 1. The molecule has 0 amide bonds. The summed E-state index contributed by atoms with van der Waals surface area (Å²) in [5.41, 5.74) is 6.03. The Labute approximate surface area is 127 Å². The molecule has 1 aromatic heterocycles. The van der Waals surface area contributed by atoms with Gasteiger partial charge in [-0.1, -0.05) is 13.8 Å². The molecule has 2 N–H and O–H groups in total. The van der Waals surface area contributed by atoms with E-state index < -0.39 is 10.0 Å². The lowest BCUT2D eigenvalue weighted by molar-refractivity contribution is 0.172. The van der Waals surface area contributed by atoms with Crippen LogP contribution in [-0.2, 0) is 16.6 Å². The Kier molecular flexibility index (Phi) is 5.32. The number of piperazine rings is 1. The Balaban J connectivity index is 2.11. The van der Waals surface area contributed by atoms with Crippen molar-refractivity contribution in [2.75, 3.05) is 32.7 Å². The van der Waals surface area contributed by atoms with Gasteiger partial charge in [0, 0.05) is 45.5 Å². The first-order chi connectivity index (χ1) is 9.95. The van der Waals surface area contributed by atoms with Crippen LogP contribution in [0.4, 0.5) is 0 Å². The van der Waals surface area contributed by atoms with Gasteiger partial charge in [0.2, 0.25) is 10.0 Å². The number of pyridine rings is 1. The summed E-state index contributed by atoms with van der Waals surface area (Å²) in [7, 11) is -3.49. The van der Waals surface area contributed by atoms with Crippen LogP contribution in [0.15, 0.2) is 23.2 Å². The third-order valence-corrected chi connectivity index (χ3v) is 5.59. The van der Waals surface area contributed by atoms with Gasteiger partial charge < -0.3 is 10.6 Å². The normalized spacial score (nSPS) is 18.3. The number of nitrogens with zero attached hydrogens (tertiary/aromatic N) is 3. The van der Waals surface area contributed by atoms with Gasteiger partial charge in [-0.2, -0.15) is 4.31 Å². The van der Waals surface area contributed by atoms with Gasteiger partial charge in [0.15, 0.2) is 0 Å². The van der Waals surface area contributed by atoms with Gasteiger partial charge in [-0.05, 0) is 18.1 Å². The first kappa shape index (κ1) is 16.4.